The molecule has 1 aromatic carbocycles. The molecule has 1 atom stereocenters. The van der Waals surface area contributed by atoms with Crippen molar-refractivity contribution in [3.05, 3.63) is 35.4 Å². The minimum absolute atomic E-state index is 0.276. The van der Waals surface area contributed by atoms with Gasteiger partial charge in [0.1, 0.15) is 6.42 Å². The van der Waals surface area contributed by atoms with Crippen molar-refractivity contribution in [1.82, 2.24) is 10.2 Å². The Labute approximate surface area is 105 Å². The standard InChI is InChI=1S/C13H14N2O3/c1-8-3-5-10(6-4-8)9(2)15-12(17)7-11(16)14-13(15)18/h3-6,9H,7H2,1-2H3,(H,14,16,18). The van der Waals surface area contributed by atoms with Gasteiger partial charge >= 0.3 is 6.03 Å². The zero-order valence-electron chi connectivity index (χ0n) is 10.3. The molecule has 0 bridgehead atoms. The van der Waals surface area contributed by atoms with Gasteiger partial charge in [-0.1, -0.05) is 29.8 Å². The first-order chi connectivity index (χ1) is 8.49. The van der Waals surface area contributed by atoms with Crippen LogP contribution in [-0.2, 0) is 9.59 Å². The van der Waals surface area contributed by atoms with Crippen molar-refractivity contribution in [2.45, 2.75) is 26.3 Å². The maximum absolute atomic E-state index is 11.7. The summed E-state index contributed by atoms with van der Waals surface area (Å²) >= 11 is 0. The molecule has 2 rings (SSSR count). The van der Waals surface area contributed by atoms with Crippen LogP contribution in [0.15, 0.2) is 24.3 Å². The third kappa shape index (κ3) is 2.25. The number of aryl methyl sites for hydroxylation is 1. The van der Waals surface area contributed by atoms with Gasteiger partial charge in [-0.2, -0.15) is 0 Å². The van der Waals surface area contributed by atoms with Crippen molar-refractivity contribution >= 4 is 17.8 Å². The van der Waals surface area contributed by atoms with Gasteiger partial charge in [-0.15, -0.1) is 0 Å². The van der Waals surface area contributed by atoms with Crippen LogP contribution in [0.4, 0.5) is 4.79 Å². The minimum atomic E-state index is -0.649. The van der Waals surface area contributed by atoms with E-state index in [2.05, 4.69) is 5.32 Å². The van der Waals surface area contributed by atoms with Crippen LogP contribution < -0.4 is 5.32 Å². The van der Waals surface area contributed by atoms with E-state index in [-0.39, 0.29) is 12.5 Å². The highest BCUT2D eigenvalue weighted by atomic mass is 16.2. The number of barbiturate groups is 1. The molecule has 18 heavy (non-hydrogen) atoms. The number of amides is 4. The molecule has 4 amide bonds. The first kappa shape index (κ1) is 12.3. The normalized spacial score (nSPS) is 17.7. The number of nitrogens with zero attached hydrogens (tertiary/aromatic N) is 1. The Morgan fingerprint density at radius 2 is 1.78 bits per heavy atom. The zero-order chi connectivity index (χ0) is 13.3. The van der Waals surface area contributed by atoms with Gasteiger partial charge in [-0.25, -0.2) is 4.79 Å². The van der Waals surface area contributed by atoms with Gasteiger partial charge in [0.25, 0.3) is 0 Å². The molecule has 0 radical (unpaired) electrons. The summed E-state index contributed by atoms with van der Waals surface area (Å²) in [5.41, 5.74) is 1.97. The Morgan fingerprint density at radius 1 is 1.17 bits per heavy atom. The van der Waals surface area contributed by atoms with Gasteiger partial charge in [0.2, 0.25) is 11.8 Å². The third-order valence-electron chi connectivity index (χ3n) is 2.99. The van der Waals surface area contributed by atoms with E-state index >= 15 is 0 Å². The van der Waals surface area contributed by atoms with Gasteiger partial charge in [-0.05, 0) is 19.4 Å². The van der Waals surface area contributed by atoms with E-state index in [4.69, 9.17) is 0 Å². The van der Waals surface area contributed by atoms with Gasteiger partial charge in [0.15, 0.2) is 0 Å². The molecule has 1 N–H and O–H groups in total. The van der Waals surface area contributed by atoms with E-state index in [0.717, 1.165) is 16.0 Å². The van der Waals surface area contributed by atoms with Crippen LogP contribution in [-0.4, -0.2) is 22.7 Å². The van der Waals surface area contributed by atoms with E-state index in [1.807, 2.05) is 31.2 Å². The van der Waals surface area contributed by atoms with Crippen LogP contribution in [0.2, 0.25) is 0 Å². The predicted octanol–water partition coefficient (Wildman–Crippen LogP) is 1.52. The third-order valence-corrected chi connectivity index (χ3v) is 2.99. The fourth-order valence-electron chi connectivity index (χ4n) is 1.95. The Bertz CT molecular complexity index is 487. The van der Waals surface area contributed by atoms with E-state index in [1.165, 1.54) is 0 Å². The molecule has 0 spiro atoms. The maximum atomic E-state index is 11.7. The van der Waals surface area contributed by atoms with Crippen molar-refractivity contribution in [1.29, 1.82) is 0 Å². The van der Waals surface area contributed by atoms with E-state index in [9.17, 15) is 14.4 Å². The van der Waals surface area contributed by atoms with Gasteiger partial charge < -0.3 is 0 Å². The molecule has 1 aromatic rings. The summed E-state index contributed by atoms with van der Waals surface area (Å²) in [5, 5.41) is 2.15. The molecule has 0 saturated carbocycles. The molecule has 1 aliphatic rings. The monoisotopic (exact) mass is 246 g/mol. The average Bonchev–Trinajstić information content (AvgIpc) is 2.28. The summed E-state index contributed by atoms with van der Waals surface area (Å²) in [6.07, 6.45) is -0.276. The Kier molecular flexibility index (Phi) is 3.14. The number of carbonyl (C=O) groups is 3. The second-order valence-corrected chi connectivity index (χ2v) is 4.38. The highest BCUT2D eigenvalue weighted by Gasteiger charge is 2.34. The van der Waals surface area contributed by atoms with Crippen LogP contribution in [0.3, 0.4) is 0 Å². The highest BCUT2D eigenvalue weighted by Crippen LogP contribution is 2.23. The van der Waals surface area contributed by atoms with Crippen LogP contribution >= 0.6 is 0 Å². The van der Waals surface area contributed by atoms with Crippen molar-refractivity contribution in [3.63, 3.8) is 0 Å². The van der Waals surface area contributed by atoms with E-state index < -0.39 is 17.8 Å². The number of benzene rings is 1. The molecule has 94 valence electrons. The van der Waals surface area contributed by atoms with Gasteiger partial charge in [-0.3, -0.25) is 19.8 Å². The first-order valence-electron chi connectivity index (χ1n) is 5.71. The lowest BCUT2D eigenvalue weighted by Gasteiger charge is -2.30. The molecule has 1 heterocycles. The average molecular weight is 246 g/mol. The lowest BCUT2D eigenvalue weighted by atomic mass is 10.0. The van der Waals surface area contributed by atoms with Crippen LogP contribution in [0.1, 0.15) is 30.5 Å². The fourth-order valence-corrected chi connectivity index (χ4v) is 1.95. The lowest BCUT2D eigenvalue weighted by molar-refractivity contribution is -0.137. The molecule has 1 saturated heterocycles. The smallest absolute Gasteiger partial charge is 0.277 e. The molecular weight excluding hydrogens is 232 g/mol. The molecule has 5 heteroatoms. The largest absolute Gasteiger partial charge is 0.331 e. The van der Waals surface area contributed by atoms with E-state index in [0.29, 0.717) is 0 Å². The minimum Gasteiger partial charge on any atom is -0.277 e. The SMILES string of the molecule is Cc1ccc(C(C)N2C(=O)CC(=O)NC2=O)cc1. The summed E-state index contributed by atoms with van der Waals surface area (Å²) < 4.78 is 0. The molecule has 0 aliphatic carbocycles. The van der Waals surface area contributed by atoms with Crippen molar-refractivity contribution in [2.24, 2.45) is 0 Å². The van der Waals surface area contributed by atoms with Crippen molar-refractivity contribution in [2.75, 3.05) is 0 Å². The number of urea groups is 1. The number of carbonyl (C=O) groups excluding carboxylic acids is 3. The topological polar surface area (TPSA) is 66.5 Å². The summed E-state index contributed by atoms with van der Waals surface area (Å²) in [6, 6.07) is 6.55. The predicted molar refractivity (Wildman–Crippen MR) is 64.6 cm³/mol. The van der Waals surface area contributed by atoms with Gasteiger partial charge in [0, 0.05) is 0 Å². The fraction of sp³-hybridized carbons (Fsp3) is 0.308. The summed E-state index contributed by atoms with van der Waals surface area (Å²) in [7, 11) is 0. The number of nitrogens with one attached hydrogen (secondary N) is 1. The van der Waals surface area contributed by atoms with Crippen LogP contribution in [0, 0.1) is 6.92 Å². The quantitative estimate of drug-likeness (QED) is 0.804. The zero-order valence-corrected chi connectivity index (χ0v) is 10.3. The van der Waals surface area contributed by atoms with Crippen LogP contribution in [0.25, 0.3) is 0 Å². The number of rotatable bonds is 2. The second-order valence-electron chi connectivity index (χ2n) is 4.38. The van der Waals surface area contributed by atoms with Crippen molar-refractivity contribution < 1.29 is 14.4 Å². The highest BCUT2D eigenvalue weighted by molar-refractivity contribution is 6.14. The maximum Gasteiger partial charge on any atom is 0.331 e. The van der Waals surface area contributed by atoms with Crippen LogP contribution in [0.5, 0.6) is 0 Å². The second kappa shape index (κ2) is 4.60. The molecule has 1 unspecified atom stereocenters. The molecule has 1 aliphatic heterocycles. The lowest BCUT2D eigenvalue weighted by Crippen LogP contribution is -2.53. The summed E-state index contributed by atoms with van der Waals surface area (Å²) in [6.45, 7) is 3.73. The van der Waals surface area contributed by atoms with E-state index in [1.54, 1.807) is 6.92 Å². The Balaban J connectivity index is 2.25. The number of hydrogen-bond donors (Lipinski definition) is 1. The molecule has 1 fully saturated rings. The molecule has 5 nitrogen and oxygen atoms in total. The summed E-state index contributed by atoms with van der Waals surface area (Å²) in [4.78, 5) is 35.6. The Hall–Kier alpha value is -2.17. The van der Waals surface area contributed by atoms with Crippen molar-refractivity contribution in [3.8, 4) is 0 Å². The number of hydrogen-bond acceptors (Lipinski definition) is 3. The molecular formula is C13H14N2O3. The Morgan fingerprint density at radius 3 is 2.33 bits per heavy atom. The molecule has 0 aromatic heterocycles. The number of imide groups is 2. The first-order valence-corrected chi connectivity index (χ1v) is 5.71. The van der Waals surface area contributed by atoms with Gasteiger partial charge in [0.05, 0.1) is 6.04 Å². The summed E-state index contributed by atoms with van der Waals surface area (Å²) in [5.74, 6) is -1.01.